The number of piperidine rings is 1. The van der Waals surface area contributed by atoms with E-state index in [1.165, 1.54) is 12.3 Å². The van der Waals surface area contributed by atoms with Crippen LogP contribution in [0.3, 0.4) is 0 Å². The number of rotatable bonds is 9. The second kappa shape index (κ2) is 11.9. The van der Waals surface area contributed by atoms with Crippen molar-refractivity contribution in [2.45, 2.75) is 65.8 Å². The van der Waals surface area contributed by atoms with Crippen molar-refractivity contribution in [2.75, 3.05) is 19.7 Å². The smallest absolute Gasteiger partial charge is 0.416 e. The molecule has 1 aliphatic heterocycles. The minimum absolute atomic E-state index is 0.0121. The molecule has 1 aromatic carbocycles. The molecule has 1 aromatic heterocycles. The maximum Gasteiger partial charge on any atom is 0.416 e. The van der Waals surface area contributed by atoms with E-state index in [2.05, 4.69) is 4.98 Å². The highest BCUT2D eigenvalue weighted by atomic mass is 19.4. The third kappa shape index (κ3) is 7.09. The predicted octanol–water partition coefficient (Wildman–Crippen LogP) is 5.16. The van der Waals surface area contributed by atoms with Gasteiger partial charge in [0.1, 0.15) is 6.26 Å². The van der Waals surface area contributed by atoms with Gasteiger partial charge in [0.15, 0.2) is 5.69 Å². The zero-order valence-corrected chi connectivity index (χ0v) is 21.2. The first-order chi connectivity index (χ1) is 17.0. The molecule has 7 nitrogen and oxygen atoms in total. The number of alkyl halides is 3. The van der Waals surface area contributed by atoms with E-state index in [9.17, 15) is 22.8 Å². The SMILES string of the molecule is CCOC(=O)[C@@H]1CCCN(C(=O)c2coc(CN(Cc3cccc(C(F)(F)F)c3)[C@H](C)C(C)C)n2)C1. The number of esters is 1. The molecule has 2 atom stereocenters. The summed E-state index contributed by atoms with van der Waals surface area (Å²) in [6, 6.07) is 5.29. The van der Waals surface area contributed by atoms with Crippen LogP contribution >= 0.6 is 0 Å². The second-order valence-electron chi connectivity index (χ2n) is 9.56. The molecule has 0 aliphatic carbocycles. The number of oxazole rings is 1. The number of nitrogens with zero attached hydrogens (tertiary/aromatic N) is 3. The molecule has 3 rings (SSSR count). The van der Waals surface area contributed by atoms with E-state index in [0.717, 1.165) is 12.1 Å². The third-order valence-electron chi connectivity index (χ3n) is 6.62. The number of hydrogen-bond donors (Lipinski definition) is 0. The molecule has 0 spiro atoms. The molecule has 0 radical (unpaired) electrons. The number of aromatic nitrogens is 1. The number of likely N-dealkylation sites (tertiary alicyclic amines) is 1. The Morgan fingerprint density at radius 1 is 1.25 bits per heavy atom. The van der Waals surface area contributed by atoms with Gasteiger partial charge in [-0.25, -0.2) is 4.98 Å². The molecule has 1 fully saturated rings. The molecule has 198 valence electrons. The lowest BCUT2D eigenvalue weighted by Crippen LogP contribution is -2.43. The number of carbonyl (C=O) groups excluding carboxylic acids is 2. The average Bonchev–Trinajstić information content (AvgIpc) is 3.31. The first-order valence-electron chi connectivity index (χ1n) is 12.3. The third-order valence-corrected chi connectivity index (χ3v) is 6.62. The largest absolute Gasteiger partial charge is 0.466 e. The molecule has 2 heterocycles. The van der Waals surface area contributed by atoms with Crippen LogP contribution in [0.25, 0.3) is 0 Å². The fourth-order valence-corrected chi connectivity index (χ4v) is 4.28. The van der Waals surface area contributed by atoms with Crippen LogP contribution in [-0.4, -0.2) is 52.4 Å². The topological polar surface area (TPSA) is 75.9 Å². The molecule has 1 saturated heterocycles. The van der Waals surface area contributed by atoms with E-state index in [1.54, 1.807) is 17.9 Å². The highest BCUT2D eigenvalue weighted by Crippen LogP contribution is 2.30. The van der Waals surface area contributed by atoms with E-state index in [1.807, 2.05) is 25.7 Å². The zero-order valence-electron chi connectivity index (χ0n) is 21.2. The standard InChI is InChI=1S/C26H34F3N3O4/c1-5-35-25(34)20-9-7-11-31(14-20)24(33)22-16-36-23(30-22)15-32(18(4)17(2)3)13-19-8-6-10-21(12-19)26(27,28)29/h6,8,10,12,16-18,20H,5,7,9,11,13-15H2,1-4H3/t18-,20-/m1/s1. The molecular weight excluding hydrogens is 475 g/mol. The van der Waals surface area contributed by atoms with E-state index in [4.69, 9.17) is 9.15 Å². The first kappa shape index (κ1) is 27.7. The Hall–Kier alpha value is -2.88. The van der Waals surface area contributed by atoms with E-state index in [0.29, 0.717) is 37.4 Å². The van der Waals surface area contributed by atoms with E-state index >= 15 is 0 Å². The van der Waals surface area contributed by atoms with Crippen molar-refractivity contribution < 1.29 is 31.9 Å². The molecule has 1 amide bonds. The fraction of sp³-hybridized carbons (Fsp3) is 0.577. The summed E-state index contributed by atoms with van der Waals surface area (Å²) >= 11 is 0. The molecule has 36 heavy (non-hydrogen) atoms. The Balaban J connectivity index is 1.72. The molecule has 0 bridgehead atoms. The van der Waals surface area contributed by atoms with E-state index in [-0.39, 0.29) is 55.1 Å². The molecule has 0 saturated carbocycles. The monoisotopic (exact) mass is 509 g/mol. The van der Waals surface area contributed by atoms with Gasteiger partial charge in [0.05, 0.1) is 24.6 Å². The van der Waals surface area contributed by atoms with Crippen molar-refractivity contribution in [1.29, 1.82) is 0 Å². The number of hydrogen-bond acceptors (Lipinski definition) is 6. The molecule has 0 N–H and O–H groups in total. The van der Waals surface area contributed by atoms with Gasteiger partial charge in [0, 0.05) is 25.7 Å². The highest BCUT2D eigenvalue weighted by Gasteiger charge is 2.32. The summed E-state index contributed by atoms with van der Waals surface area (Å²) in [6.07, 6.45) is -1.75. The number of benzene rings is 1. The number of halogens is 3. The van der Waals surface area contributed by atoms with Gasteiger partial charge in [-0.15, -0.1) is 0 Å². The highest BCUT2D eigenvalue weighted by molar-refractivity contribution is 5.92. The van der Waals surface area contributed by atoms with Crippen LogP contribution in [0.4, 0.5) is 13.2 Å². The summed E-state index contributed by atoms with van der Waals surface area (Å²) in [5.74, 6) is -0.454. The zero-order chi connectivity index (χ0) is 26.5. The number of ether oxygens (including phenoxy) is 1. The fourth-order valence-electron chi connectivity index (χ4n) is 4.28. The molecule has 1 aliphatic rings. The Bertz CT molecular complexity index is 1040. The van der Waals surface area contributed by atoms with Gasteiger partial charge in [-0.05, 0) is 44.2 Å². The Morgan fingerprint density at radius 3 is 2.67 bits per heavy atom. The average molecular weight is 510 g/mol. The van der Waals surface area contributed by atoms with Gasteiger partial charge in [0.2, 0.25) is 5.89 Å². The van der Waals surface area contributed by atoms with Crippen LogP contribution in [0, 0.1) is 11.8 Å². The van der Waals surface area contributed by atoms with E-state index < -0.39 is 11.7 Å². The van der Waals surface area contributed by atoms with Crippen LogP contribution < -0.4 is 0 Å². The van der Waals surface area contributed by atoms with Crippen LogP contribution in [0.2, 0.25) is 0 Å². The van der Waals surface area contributed by atoms with Gasteiger partial charge in [-0.3, -0.25) is 14.5 Å². The lowest BCUT2D eigenvalue weighted by molar-refractivity contribution is -0.149. The van der Waals surface area contributed by atoms with Gasteiger partial charge < -0.3 is 14.1 Å². The van der Waals surface area contributed by atoms with Gasteiger partial charge in [-0.1, -0.05) is 32.0 Å². The summed E-state index contributed by atoms with van der Waals surface area (Å²) in [5, 5.41) is 0. The van der Waals surface area contributed by atoms with Crippen molar-refractivity contribution in [2.24, 2.45) is 11.8 Å². The van der Waals surface area contributed by atoms with Crippen LogP contribution in [0.15, 0.2) is 34.9 Å². The number of carbonyl (C=O) groups is 2. The lowest BCUT2D eigenvalue weighted by atomic mass is 9.98. The normalized spacial score (nSPS) is 17.5. The number of amides is 1. The van der Waals surface area contributed by atoms with Gasteiger partial charge >= 0.3 is 12.1 Å². The van der Waals surface area contributed by atoms with Crippen molar-refractivity contribution in [3.8, 4) is 0 Å². The summed E-state index contributed by atoms with van der Waals surface area (Å²) in [5.41, 5.74) is -0.0203. The van der Waals surface area contributed by atoms with Crippen molar-refractivity contribution >= 4 is 11.9 Å². The van der Waals surface area contributed by atoms with Crippen LogP contribution in [-0.2, 0) is 28.8 Å². The molecular formula is C26H34F3N3O4. The summed E-state index contributed by atoms with van der Waals surface area (Å²) in [6.45, 7) is 9.38. The maximum absolute atomic E-state index is 13.2. The van der Waals surface area contributed by atoms with Crippen molar-refractivity contribution in [3.63, 3.8) is 0 Å². The van der Waals surface area contributed by atoms with Crippen molar-refractivity contribution in [1.82, 2.24) is 14.8 Å². The van der Waals surface area contributed by atoms with Gasteiger partial charge in [0.25, 0.3) is 5.91 Å². The van der Waals surface area contributed by atoms with Crippen molar-refractivity contribution in [3.05, 3.63) is 53.2 Å². The van der Waals surface area contributed by atoms with Crippen LogP contribution in [0.1, 0.15) is 68.0 Å². The first-order valence-corrected chi connectivity index (χ1v) is 12.3. The maximum atomic E-state index is 13.2. The molecule has 0 unspecified atom stereocenters. The minimum atomic E-state index is -4.41. The van der Waals surface area contributed by atoms with Crippen LogP contribution in [0.5, 0.6) is 0 Å². The van der Waals surface area contributed by atoms with Gasteiger partial charge in [-0.2, -0.15) is 13.2 Å². The molecule has 10 heteroatoms. The summed E-state index contributed by atoms with van der Waals surface area (Å²) < 4.78 is 50.2. The summed E-state index contributed by atoms with van der Waals surface area (Å²) in [7, 11) is 0. The lowest BCUT2D eigenvalue weighted by Gasteiger charge is -2.31. The Labute approximate surface area is 209 Å². The Morgan fingerprint density at radius 2 is 2.00 bits per heavy atom. The predicted molar refractivity (Wildman–Crippen MR) is 127 cm³/mol. The molecule has 2 aromatic rings. The Kier molecular flexibility index (Phi) is 9.16. The minimum Gasteiger partial charge on any atom is -0.466 e. The summed E-state index contributed by atoms with van der Waals surface area (Å²) in [4.78, 5) is 33.1. The second-order valence-corrected chi connectivity index (χ2v) is 9.56. The quantitative estimate of drug-likeness (QED) is 0.435.